The maximum Gasteiger partial charge on any atom is 0.0165 e. The van der Waals surface area contributed by atoms with Crippen LogP contribution in [0.5, 0.6) is 0 Å². The van der Waals surface area contributed by atoms with Gasteiger partial charge in [-0.3, -0.25) is 0 Å². The molecule has 0 heteroatoms. The number of hydrogen-bond donors (Lipinski definition) is 0. The van der Waals surface area contributed by atoms with E-state index in [1.807, 2.05) is 41.5 Å². The molecule has 0 aromatic heterocycles. The average Bonchev–Trinajstić information content (AvgIpc) is 3.13. The largest absolute Gasteiger partial charge is 0.0683 e. The molecule has 0 amide bonds. The van der Waals surface area contributed by atoms with Gasteiger partial charge in [-0.05, 0) is 66.7 Å². The molecule has 0 atom stereocenters. The molecule has 5 aromatic rings. The second-order valence-corrected chi connectivity index (χ2v) is 8.24. The van der Waals surface area contributed by atoms with Crippen LogP contribution >= 0.6 is 0 Å². The summed E-state index contributed by atoms with van der Waals surface area (Å²) >= 11 is 0. The highest BCUT2D eigenvalue weighted by Gasteiger charge is 2.37. The highest BCUT2D eigenvalue weighted by molar-refractivity contribution is 6.10. The molecule has 0 N–H and O–H groups in total. The number of benzene rings is 5. The van der Waals surface area contributed by atoms with Gasteiger partial charge in [-0.15, -0.1) is 0 Å². The van der Waals surface area contributed by atoms with Crippen molar-refractivity contribution in [2.45, 2.75) is 60.8 Å². The zero-order valence-electron chi connectivity index (χ0n) is 21.6. The molecule has 0 bridgehead atoms. The smallest absolute Gasteiger partial charge is 0.0165 e. The fraction of sp³-hybridized carbons (Fsp3) is 0.273. The van der Waals surface area contributed by atoms with Crippen molar-refractivity contribution < 1.29 is 0 Å². The summed E-state index contributed by atoms with van der Waals surface area (Å²) in [6, 6.07) is 31.4. The third-order valence-electron chi connectivity index (χ3n) is 6.38. The third kappa shape index (κ3) is 3.93. The fourth-order valence-electron chi connectivity index (χ4n) is 5.11. The Hall–Kier alpha value is -3.12. The van der Waals surface area contributed by atoms with Gasteiger partial charge in [0.2, 0.25) is 0 Å². The molecule has 0 fully saturated rings. The topological polar surface area (TPSA) is 0 Å². The van der Waals surface area contributed by atoms with Crippen LogP contribution in [0.2, 0.25) is 0 Å². The van der Waals surface area contributed by atoms with E-state index in [4.69, 9.17) is 0 Å². The van der Waals surface area contributed by atoms with Crippen LogP contribution in [-0.4, -0.2) is 0 Å². The lowest BCUT2D eigenvalue weighted by Crippen LogP contribution is -2.15. The molecule has 0 saturated carbocycles. The van der Waals surface area contributed by atoms with Crippen LogP contribution in [0, 0.1) is 0 Å². The Kier molecular flexibility index (Phi) is 7.59. The van der Waals surface area contributed by atoms with E-state index in [2.05, 4.69) is 98.8 Å². The monoisotopic (exact) mass is 434 g/mol. The Bertz CT molecular complexity index is 1390. The van der Waals surface area contributed by atoms with Gasteiger partial charge < -0.3 is 0 Å². The van der Waals surface area contributed by atoms with Gasteiger partial charge in [-0.25, -0.2) is 0 Å². The molecule has 0 heterocycles. The van der Waals surface area contributed by atoms with E-state index in [1.165, 1.54) is 54.6 Å². The molecule has 0 aliphatic heterocycles. The van der Waals surface area contributed by atoms with Crippen LogP contribution in [0.25, 0.3) is 43.4 Å². The first-order valence-electron chi connectivity index (χ1n) is 12.6. The molecule has 0 nitrogen and oxygen atoms in total. The highest BCUT2D eigenvalue weighted by atomic mass is 14.4. The third-order valence-corrected chi connectivity index (χ3v) is 6.38. The summed E-state index contributed by atoms with van der Waals surface area (Å²) in [4.78, 5) is 0. The van der Waals surface area contributed by atoms with Crippen LogP contribution in [0.15, 0.2) is 84.9 Å². The summed E-state index contributed by atoms with van der Waals surface area (Å²) in [7, 11) is 0. The minimum atomic E-state index is 0.00532. The number of hydrogen-bond acceptors (Lipinski definition) is 0. The second-order valence-electron chi connectivity index (χ2n) is 8.24. The first kappa shape index (κ1) is 24.5. The minimum absolute atomic E-state index is 0.00532. The molecule has 1 aliphatic rings. The lowest BCUT2D eigenvalue weighted by atomic mass is 9.80. The van der Waals surface area contributed by atoms with Crippen molar-refractivity contribution in [1.82, 2.24) is 0 Å². The summed E-state index contributed by atoms with van der Waals surface area (Å²) in [6.07, 6.45) is 0. The standard InChI is InChI=1S/C27H20.3C2H6/c1-27(2)24-14-12-20-15-18-8-3-4-9-19(18)16-23(20)25(24)22-13-11-17-7-5-6-10-21(17)26(22)27;3*1-2/h3-16H,1-2H3;3*1-2H3. The van der Waals surface area contributed by atoms with Gasteiger partial charge in [0.05, 0.1) is 0 Å². The van der Waals surface area contributed by atoms with Gasteiger partial charge in [0.1, 0.15) is 0 Å². The lowest BCUT2D eigenvalue weighted by Gasteiger charge is -2.23. The molecule has 5 aromatic carbocycles. The fourth-order valence-corrected chi connectivity index (χ4v) is 5.11. The Morgan fingerprint density at radius 1 is 0.485 bits per heavy atom. The van der Waals surface area contributed by atoms with E-state index in [-0.39, 0.29) is 5.41 Å². The van der Waals surface area contributed by atoms with Gasteiger partial charge in [0.15, 0.2) is 0 Å². The predicted octanol–water partition coefficient (Wildman–Crippen LogP) is 10.5. The molecule has 33 heavy (non-hydrogen) atoms. The van der Waals surface area contributed by atoms with E-state index in [0.717, 1.165) is 0 Å². The van der Waals surface area contributed by atoms with Crippen molar-refractivity contribution in [3.63, 3.8) is 0 Å². The maximum absolute atomic E-state index is 2.38. The summed E-state index contributed by atoms with van der Waals surface area (Å²) < 4.78 is 0. The van der Waals surface area contributed by atoms with Crippen molar-refractivity contribution >= 4 is 32.3 Å². The Labute approximate surface area is 200 Å². The molecule has 170 valence electrons. The van der Waals surface area contributed by atoms with Gasteiger partial charge in [-0.2, -0.15) is 0 Å². The van der Waals surface area contributed by atoms with Crippen molar-refractivity contribution in [1.29, 1.82) is 0 Å². The van der Waals surface area contributed by atoms with Crippen LogP contribution in [0.1, 0.15) is 66.5 Å². The second kappa shape index (κ2) is 10.2. The zero-order chi connectivity index (χ0) is 24.2. The van der Waals surface area contributed by atoms with E-state index in [0.29, 0.717) is 0 Å². The van der Waals surface area contributed by atoms with Crippen LogP contribution < -0.4 is 0 Å². The predicted molar refractivity (Wildman–Crippen MR) is 151 cm³/mol. The molecular weight excluding hydrogens is 396 g/mol. The van der Waals surface area contributed by atoms with E-state index < -0.39 is 0 Å². The zero-order valence-corrected chi connectivity index (χ0v) is 21.6. The van der Waals surface area contributed by atoms with Crippen LogP contribution in [-0.2, 0) is 5.41 Å². The van der Waals surface area contributed by atoms with Crippen molar-refractivity contribution in [3.8, 4) is 11.1 Å². The summed E-state index contributed by atoms with van der Waals surface area (Å²) in [5, 5.41) is 8.01. The average molecular weight is 435 g/mol. The Morgan fingerprint density at radius 2 is 1.03 bits per heavy atom. The number of rotatable bonds is 0. The minimum Gasteiger partial charge on any atom is -0.0683 e. The first-order chi connectivity index (χ1) is 16.1. The van der Waals surface area contributed by atoms with Gasteiger partial charge in [0, 0.05) is 5.41 Å². The van der Waals surface area contributed by atoms with E-state index in [9.17, 15) is 0 Å². The quantitative estimate of drug-likeness (QED) is 0.213. The molecule has 1 aliphatic carbocycles. The molecular formula is C33H38. The maximum atomic E-state index is 2.38. The van der Waals surface area contributed by atoms with E-state index in [1.54, 1.807) is 0 Å². The first-order valence-corrected chi connectivity index (χ1v) is 12.6. The Morgan fingerprint density at radius 3 is 1.70 bits per heavy atom. The van der Waals surface area contributed by atoms with Crippen molar-refractivity contribution in [2.75, 3.05) is 0 Å². The number of fused-ring (bicyclic) bond motifs is 8. The van der Waals surface area contributed by atoms with Crippen molar-refractivity contribution in [2.24, 2.45) is 0 Å². The van der Waals surface area contributed by atoms with Crippen molar-refractivity contribution in [3.05, 3.63) is 96.1 Å². The van der Waals surface area contributed by atoms with Gasteiger partial charge >= 0.3 is 0 Å². The molecule has 0 spiro atoms. The van der Waals surface area contributed by atoms with Crippen LogP contribution in [0.4, 0.5) is 0 Å². The Balaban J connectivity index is 0.000000475. The normalized spacial score (nSPS) is 12.5. The SMILES string of the molecule is CC.CC.CC.CC1(C)c2ccc3cc4ccccc4cc3c2-c2ccc3ccccc3c21. The molecule has 0 saturated heterocycles. The van der Waals surface area contributed by atoms with E-state index >= 15 is 0 Å². The summed E-state index contributed by atoms with van der Waals surface area (Å²) in [6.45, 7) is 16.7. The van der Waals surface area contributed by atoms with Gasteiger partial charge in [0.25, 0.3) is 0 Å². The molecule has 0 unspecified atom stereocenters. The summed E-state index contributed by atoms with van der Waals surface area (Å²) in [5.41, 5.74) is 5.73. The molecule has 0 radical (unpaired) electrons. The highest BCUT2D eigenvalue weighted by Crippen LogP contribution is 2.53. The van der Waals surface area contributed by atoms with Gasteiger partial charge in [-0.1, -0.05) is 128 Å². The summed E-state index contributed by atoms with van der Waals surface area (Å²) in [5.74, 6) is 0. The van der Waals surface area contributed by atoms with Crippen LogP contribution in [0.3, 0.4) is 0 Å². The lowest BCUT2D eigenvalue weighted by molar-refractivity contribution is 0.667. The molecule has 6 rings (SSSR count).